The van der Waals surface area contributed by atoms with Gasteiger partial charge in [-0.25, -0.2) is 4.39 Å². The SMILES string of the molecule is COc1cc(CNC(C)CN2CCOCC2)ccc1F. The van der Waals surface area contributed by atoms with Crippen molar-refractivity contribution >= 4 is 0 Å². The number of hydrogen-bond acceptors (Lipinski definition) is 4. The summed E-state index contributed by atoms with van der Waals surface area (Å²) in [6.07, 6.45) is 0. The van der Waals surface area contributed by atoms with Gasteiger partial charge in [-0.3, -0.25) is 4.90 Å². The fourth-order valence-corrected chi connectivity index (χ4v) is 2.34. The third-order valence-corrected chi connectivity index (χ3v) is 3.51. The van der Waals surface area contributed by atoms with Gasteiger partial charge in [0.05, 0.1) is 20.3 Å². The summed E-state index contributed by atoms with van der Waals surface area (Å²) in [7, 11) is 1.48. The number of halogens is 1. The van der Waals surface area contributed by atoms with Gasteiger partial charge < -0.3 is 14.8 Å². The van der Waals surface area contributed by atoms with Gasteiger partial charge in [0.15, 0.2) is 11.6 Å². The van der Waals surface area contributed by atoms with Crippen molar-refractivity contribution in [3.05, 3.63) is 29.6 Å². The number of ether oxygens (including phenoxy) is 2. The highest BCUT2D eigenvalue weighted by Crippen LogP contribution is 2.18. The lowest BCUT2D eigenvalue weighted by Crippen LogP contribution is -2.44. The van der Waals surface area contributed by atoms with Gasteiger partial charge in [-0.05, 0) is 24.6 Å². The number of benzene rings is 1. The molecule has 4 nitrogen and oxygen atoms in total. The summed E-state index contributed by atoms with van der Waals surface area (Å²) in [5.74, 6) is -0.0252. The van der Waals surface area contributed by atoms with Crippen LogP contribution in [0.4, 0.5) is 4.39 Å². The first-order valence-corrected chi connectivity index (χ1v) is 7.05. The van der Waals surface area contributed by atoms with E-state index in [0.717, 1.165) is 38.4 Å². The Kier molecular flexibility index (Phi) is 5.76. The standard InChI is InChI=1S/C15H23FN2O2/c1-12(11-18-5-7-20-8-6-18)17-10-13-3-4-14(16)15(9-13)19-2/h3-4,9,12,17H,5-8,10-11H2,1-2H3. The van der Waals surface area contributed by atoms with Gasteiger partial charge in [-0.1, -0.05) is 6.07 Å². The van der Waals surface area contributed by atoms with E-state index < -0.39 is 0 Å². The average Bonchev–Trinajstić information content (AvgIpc) is 2.47. The maximum Gasteiger partial charge on any atom is 0.165 e. The highest BCUT2D eigenvalue weighted by atomic mass is 19.1. The average molecular weight is 282 g/mol. The van der Waals surface area contributed by atoms with E-state index in [1.54, 1.807) is 12.1 Å². The molecule has 0 aliphatic carbocycles. The molecule has 2 rings (SSSR count). The van der Waals surface area contributed by atoms with Crippen molar-refractivity contribution in [2.75, 3.05) is 40.0 Å². The molecule has 0 radical (unpaired) electrons. The second kappa shape index (κ2) is 7.57. The van der Waals surface area contributed by atoms with Crippen molar-refractivity contribution in [3.8, 4) is 5.75 Å². The molecule has 20 heavy (non-hydrogen) atoms. The summed E-state index contributed by atoms with van der Waals surface area (Å²) in [5, 5.41) is 3.46. The lowest BCUT2D eigenvalue weighted by Gasteiger charge is -2.29. The van der Waals surface area contributed by atoms with Crippen LogP contribution in [0.1, 0.15) is 12.5 Å². The second-order valence-corrected chi connectivity index (χ2v) is 5.16. The lowest BCUT2D eigenvalue weighted by atomic mass is 10.2. The van der Waals surface area contributed by atoms with Crippen LogP contribution >= 0.6 is 0 Å². The Morgan fingerprint density at radius 1 is 1.40 bits per heavy atom. The zero-order valence-corrected chi connectivity index (χ0v) is 12.2. The van der Waals surface area contributed by atoms with Gasteiger partial charge in [0.25, 0.3) is 0 Å². The number of nitrogens with one attached hydrogen (secondary N) is 1. The van der Waals surface area contributed by atoms with Crippen LogP contribution in [0.15, 0.2) is 18.2 Å². The molecule has 0 amide bonds. The van der Waals surface area contributed by atoms with E-state index in [4.69, 9.17) is 9.47 Å². The van der Waals surface area contributed by atoms with Crippen LogP contribution in [0, 0.1) is 5.82 Å². The molecule has 1 heterocycles. The van der Waals surface area contributed by atoms with E-state index in [-0.39, 0.29) is 5.82 Å². The quantitative estimate of drug-likeness (QED) is 0.860. The molecule has 1 fully saturated rings. The van der Waals surface area contributed by atoms with Crippen molar-refractivity contribution in [2.24, 2.45) is 0 Å². The van der Waals surface area contributed by atoms with Crippen molar-refractivity contribution in [1.29, 1.82) is 0 Å². The molecule has 112 valence electrons. The first kappa shape index (κ1) is 15.2. The van der Waals surface area contributed by atoms with Crippen LogP contribution in [0.25, 0.3) is 0 Å². The zero-order chi connectivity index (χ0) is 14.4. The summed E-state index contributed by atoms with van der Waals surface area (Å²) in [5.41, 5.74) is 1.03. The molecular weight excluding hydrogens is 259 g/mol. The van der Waals surface area contributed by atoms with Crippen LogP contribution in [0.5, 0.6) is 5.75 Å². The number of morpholine rings is 1. The molecular formula is C15H23FN2O2. The van der Waals surface area contributed by atoms with E-state index >= 15 is 0 Å². The minimum absolute atomic E-state index is 0.296. The summed E-state index contributed by atoms with van der Waals surface area (Å²) in [6, 6.07) is 5.35. The van der Waals surface area contributed by atoms with Crippen molar-refractivity contribution in [1.82, 2.24) is 10.2 Å². The Bertz CT molecular complexity index is 422. The predicted molar refractivity (Wildman–Crippen MR) is 76.5 cm³/mol. The van der Waals surface area contributed by atoms with E-state index in [1.807, 2.05) is 0 Å². The molecule has 0 spiro atoms. The Morgan fingerprint density at radius 2 is 2.15 bits per heavy atom. The fraction of sp³-hybridized carbons (Fsp3) is 0.600. The van der Waals surface area contributed by atoms with Crippen LogP contribution in [-0.2, 0) is 11.3 Å². The van der Waals surface area contributed by atoms with Gasteiger partial charge in [-0.15, -0.1) is 0 Å². The second-order valence-electron chi connectivity index (χ2n) is 5.16. The molecule has 1 aliphatic rings. The lowest BCUT2D eigenvalue weighted by molar-refractivity contribution is 0.0343. The summed E-state index contributed by atoms with van der Waals surface area (Å²) in [6.45, 7) is 7.51. The van der Waals surface area contributed by atoms with Gasteiger partial charge in [0, 0.05) is 32.2 Å². The molecule has 1 aromatic carbocycles. The number of hydrogen-bond donors (Lipinski definition) is 1. The molecule has 5 heteroatoms. The van der Waals surface area contributed by atoms with Gasteiger partial charge in [-0.2, -0.15) is 0 Å². The first-order chi connectivity index (χ1) is 9.69. The summed E-state index contributed by atoms with van der Waals surface area (Å²) < 4.78 is 23.6. The normalized spacial score (nSPS) is 17.9. The van der Waals surface area contributed by atoms with Crippen LogP contribution in [0.3, 0.4) is 0 Å². The summed E-state index contributed by atoms with van der Waals surface area (Å²) >= 11 is 0. The fourth-order valence-electron chi connectivity index (χ4n) is 2.34. The Hall–Kier alpha value is -1.17. The van der Waals surface area contributed by atoms with E-state index in [1.165, 1.54) is 13.2 Å². The Balaban J connectivity index is 1.78. The molecule has 1 aliphatic heterocycles. The van der Waals surface area contributed by atoms with Gasteiger partial charge >= 0.3 is 0 Å². The maximum atomic E-state index is 13.3. The Morgan fingerprint density at radius 3 is 2.85 bits per heavy atom. The van der Waals surface area contributed by atoms with Crippen molar-refractivity contribution in [3.63, 3.8) is 0 Å². The predicted octanol–water partition coefficient (Wildman–Crippen LogP) is 1.64. The monoisotopic (exact) mass is 282 g/mol. The van der Waals surface area contributed by atoms with Crippen LogP contribution in [0.2, 0.25) is 0 Å². The molecule has 0 bridgehead atoms. The van der Waals surface area contributed by atoms with Crippen LogP contribution < -0.4 is 10.1 Å². The highest BCUT2D eigenvalue weighted by Gasteiger charge is 2.13. The maximum absolute atomic E-state index is 13.3. The number of nitrogens with zero attached hydrogens (tertiary/aromatic N) is 1. The number of methoxy groups -OCH3 is 1. The first-order valence-electron chi connectivity index (χ1n) is 7.05. The van der Waals surface area contributed by atoms with E-state index in [2.05, 4.69) is 17.1 Å². The minimum Gasteiger partial charge on any atom is -0.494 e. The van der Waals surface area contributed by atoms with Crippen molar-refractivity contribution in [2.45, 2.75) is 19.5 Å². The summed E-state index contributed by atoms with van der Waals surface area (Å²) in [4.78, 5) is 2.40. The van der Waals surface area contributed by atoms with Crippen LogP contribution in [-0.4, -0.2) is 50.9 Å². The molecule has 1 atom stereocenters. The largest absolute Gasteiger partial charge is 0.494 e. The molecule has 1 aromatic rings. The zero-order valence-electron chi connectivity index (χ0n) is 12.2. The molecule has 0 aromatic heterocycles. The minimum atomic E-state index is -0.322. The molecule has 0 saturated carbocycles. The van der Waals surface area contributed by atoms with E-state index in [9.17, 15) is 4.39 Å². The molecule has 1 N–H and O–H groups in total. The molecule has 1 saturated heterocycles. The molecule has 1 unspecified atom stereocenters. The van der Waals surface area contributed by atoms with E-state index in [0.29, 0.717) is 18.3 Å². The van der Waals surface area contributed by atoms with Gasteiger partial charge in [0.1, 0.15) is 0 Å². The topological polar surface area (TPSA) is 33.7 Å². The number of rotatable bonds is 6. The smallest absolute Gasteiger partial charge is 0.165 e. The highest BCUT2D eigenvalue weighted by molar-refractivity contribution is 5.30. The third-order valence-electron chi connectivity index (χ3n) is 3.51. The third kappa shape index (κ3) is 4.44. The Labute approximate surface area is 119 Å². The van der Waals surface area contributed by atoms with Crippen molar-refractivity contribution < 1.29 is 13.9 Å². The van der Waals surface area contributed by atoms with Gasteiger partial charge in [0.2, 0.25) is 0 Å².